The number of hydrogen-bond acceptors (Lipinski definition) is 3. The smallest absolute Gasteiger partial charge is 0.258 e. The summed E-state index contributed by atoms with van der Waals surface area (Å²) < 4.78 is 7.61. The molecule has 4 rings (SSSR count). The summed E-state index contributed by atoms with van der Waals surface area (Å²) in [6.07, 6.45) is 0. The lowest BCUT2D eigenvalue weighted by Crippen LogP contribution is -2.32. The number of carbonyl (C=O) groups is 1. The number of ether oxygens (including phenoxy) is 1. The first-order chi connectivity index (χ1) is 15.4. The highest BCUT2D eigenvalue weighted by atomic mass is 35.5. The average Bonchev–Trinajstić information content (AvgIpc) is 3.14. The summed E-state index contributed by atoms with van der Waals surface area (Å²) in [6, 6.07) is 19.9. The van der Waals surface area contributed by atoms with Gasteiger partial charge in [-0.2, -0.15) is 0 Å². The van der Waals surface area contributed by atoms with Crippen molar-refractivity contribution in [3.8, 4) is 5.75 Å². The van der Waals surface area contributed by atoms with Crippen LogP contribution in [0.5, 0.6) is 5.75 Å². The predicted octanol–water partition coefficient (Wildman–Crippen LogP) is 6.30. The first-order valence-corrected chi connectivity index (χ1v) is 11.1. The molecular formula is C24H20Cl3N3O2. The van der Waals surface area contributed by atoms with E-state index in [4.69, 9.17) is 44.5 Å². The molecule has 5 nitrogen and oxygen atoms in total. The largest absolute Gasteiger partial charge is 0.484 e. The molecule has 0 saturated carbocycles. The summed E-state index contributed by atoms with van der Waals surface area (Å²) in [6.45, 7) is 2.32. The van der Waals surface area contributed by atoms with Crippen molar-refractivity contribution in [2.24, 2.45) is 0 Å². The monoisotopic (exact) mass is 487 g/mol. The maximum atomic E-state index is 12.5. The van der Waals surface area contributed by atoms with Crippen LogP contribution in [0.15, 0.2) is 66.7 Å². The number of rotatable bonds is 7. The molecule has 164 valence electrons. The number of aromatic nitrogens is 2. The Labute approximate surface area is 200 Å². The third kappa shape index (κ3) is 5.18. The topological polar surface area (TPSA) is 56.1 Å². The standard InChI is InChI=1S/C24H20Cl3N3O2/c1-15(28-23(31)14-32-18-9-7-17(25)8-10-18)24-29-21-4-2-3-5-22(21)30(24)13-16-6-11-19(26)20(27)12-16/h2-12,15H,13-14H2,1H3,(H,28,31). The van der Waals surface area contributed by atoms with Gasteiger partial charge in [0.2, 0.25) is 0 Å². The summed E-state index contributed by atoms with van der Waals surface area (Å²) in [4.78, 5) is 17.3. The van der Waals surface area contributed by atoms with Crippen LogP contribution in [0.2, 0.25) is 15.1 Å². The summed E-state index contributed by atoms with van der Waals surface area (Å²) in [7, 11) is 0. The Bertz CT molecular complexity index is 1260. The second kappa shape index (κ2) is 9.82. The summed E-state index contributed by atoms with van der Waals surface area (Å²) in [5.74, 6) is 1.06. The van der Waals surface area contributed by atoms with Crippen LogP contribution in [0.3, 0.4) is 0 Å². The second-order valence-corrected chi connectivity index (χ2v) is 8.58. The normalized spacial score (nSPS) is 12.0. The van der Waals surface area contributed by atoms with E-state index in [2.05, 4.69) is 9.88 Å². The Hall–Kier alpha value is -2.73. The number of nitrogens with zero attached hydrogens (tertiary/aromatic N) is 2. The van der Waals surface area contributed by atoms with Gasteiger partial charge in [0.05, 0.1) is 27.1 Å². The number of imidazole rings is 1. The zero-order valence-electron chi connectivity index (χ0n) is 17.2. The van der Waals surface area contributed by atoms with Gasteiger partial charge < -0.3 is 14.6 Å². The third-order valence-electron chi connectivity index (χ3n) is 4.96. The van der Waals surface area contributed by atoms with Crippen molar-refractivity contribution in [1.82, 2.24) is 14.9 Å². The van der Waals surface area contributed by atoms with Crippen molar-refractivity contribution in [3.63, 3.8) is 0 Å². The van der Waals surface area contributed by atoms with Crippen LogP contribution in [0, 0.1) is 0 Å². The first kappa shape index (κ1) is 22.5. The number of carbonyl (C=O) groups excluding carboxylic acids is 1. The summed E-state index contributed by atoms with van der Waals surface area (Å²) >= 11 is 18.1. The quantitative estimate of drug-likeness (QED) is 0.332. The van der Waals surface area contributed by atoms with E-state index in [-0.39, 0.29) is 18.6 Å². The lowest BCUT2D eigenvalue weighted by atomic mass is 10.2. The number of halogens is 3. The van der Waals surface area contributed by atoms with E-state index in [9.17, 15) is 4.79 Å². The zero-order chi connectivity index (χ0) is 22.7. The molecule has 0 saturated heterocycles. The van der Waals surface area contributed by atoms with Crippen LogP contribution in [-0.4, -0.2) is 22.1 Å². The van der Waals surface area contributed by atoms with E-state index in [0.29, 0.717) is 27.4 Å². The Morgan fingerprint density at radius 3 is 2.53 bits per heavy atom. The van der Waals surface area contributed by atoms with Crippen molar-refractivity contribution >= 4 is 51.7 Å². The van der Waals surface area contributed by atoms with E-state index in [0.717, 1.165) is 22.4 Å². The molecular weight excluding hydrogens is 469 g/mol. The molecule has 1 heterocycles. The number of benzene rings is 3. The van der Waals surface area contributed by atoms with Crippen LogP contribution >= 0.6 is 34.8 Å². The number of para-hydroxylation sites is 2. The molecule has 1 atom stereocenters. The van der Waals surface area contributed by atoms with Gasteiger partial charge in [0, 0.05) is 11.6 Å². The Morgan fingerprint density at radius 2 is 1.78 bits per heavy atom. The van der Waals surface area contributed by atoms with Crippen molar-refractivity contribution in [2.45, 2.75) is 19.5 Å². The molecule has 3 aromatic carbocycles. The minimum Gasteiger partial charge on any atom is -0.484 e. The molecule has 8 heteroatoms. The molecule has 32 heavy (non-hydrogen) atoms. The van der Waals surface area contributed by atoms with Crippen molar-refractivity contribution in [1.29, 1.82) is 0 Å². The number of hydrogen-bond donors (Lipinski definition) is 1. The number of nitrogens with one attached hydrogen (secondary N) is 1. The molecule has 4 aromatic rings. The maximum absolute atomic E-state index is 12.5. The number of amides is 1. The van der Waals surface area contributed by atoms with Gasteiger partial charge in [-0.3, -0.25) is 4.79 Å². The minimum absolute atomic E-state index is 0.112. The maximum Gasteiger partial charge on any atom is 0.258 e. The Kier molecular flexibility index (Phi) is 6.89. The van der Waals surface area contributed by atoms with Gasteiger partial charge in [0.1, 0.15) is 11.6 Å². The lowest BCUT2D eigenvalue weighted by molar-refractivity contribution is -0.123. The predicted molar refractivity (Wildman–Crippen MR) is 129 cm³/mol. The van der Waals surface area contributed by atoms with Crippen LogP contribution in [0.1, 0.15) is 24.4 Å². The van der Waals surface area contributed by atoms with Crippen LogP contribution in [0.4, 0.5) is 0 Å². The molecule has 0 aliphatic carbocycles. The minimum atomic E-state index is -0.341. The molecule has 1 amide bonds. The van der Waals surface area contributed by atoms with Crippen molar-refractivity contribution in [3.05, 3.63) is 93.2 Å². The highest BCUT2D eigenvalue weighted by molar-refractivity contribution is 6.42. The molecule has 0 aliphatic heterocycles. The van der Waals surface area contributed by atoms with E-state index in [1.54, 1.807) is 30.3 Å². The zero-order valence-corrected chi connectivity index (χ0v) is 19.5. The Balaban J connectivity index is 1.53. The summed E-state index contributed by atoms with van der Waals surface area (Å²) in [5, 5.41) is 4.58. The molecule has 0 aliphatic rings. The van der Waals surface area contributed by atoms with Gasteiger partial charge in [-0.15, -0.1) is 0 Å². The molecule has 1 unspecified atom stereocenters. The third-order valence-corrected chi connectivity index (χ3v) is 5.95. The molecule has 0 bridgehead atoms. The molecule has 1 aromatic heterocycles. The van der Waals surface area contributed by atoms with Crippen LogP contribution in [-0.2, 0) is 11.3 Å². The highest BCUT2D eigenvalue weighted by Crippen LogP contribution is 2.26. The van der Waals surface area contributed by atoms with Crippen molar-refractivity contribution in [2.75, 3.05) is 6.61 Å². The SMILES string of the molecule is CC(NC(=O)COc1ccc(Cl)cc1)c1nc2ccccc2n1Cc1ccc(Cl)c(Cl)c1. The van der Waals surface area contributed by atoms with Gasteiger partial charge in [-0.25, -0.2) is 4.98 Å². The van der Waals surface area contributed by atoms with E-state index < -0.39 is 0 Å². The van der Waals surface area contributed by atoms with Crippen molar-refractivity contribution < 1.29 is 9.53 Å². The van der Waals surface area contributed by atoms with Gasteiger partial charge in [0.15, 0.2) is 6.61 Å². The summed E-state index contributed by atoms with van der Waals surface area (Å²) in [5.41, 5.74) is 2.79. The molecule has 1 N–H and O–H groups in total. The number of fused-ring (bicyclic) bond motifs is 1. The molecule has 0 radical (unpaired) electrons. The average molecular weight is 489 g/mol. The fourth-order valence-electron chi connectivity index (χ4n) is 3.44. The first-order valence-electron chi connectivity index (χ1n) is 9.97. The Morgan fingerprint density at radius 1 is 1.03 bits per heavy atom. The van der Waals surface area contributed by atoms with Gasteiger partial charge in [0.25, 0.3) is 5.91 Å². The van der Waals surface area contributed by atoms with Crippen LogP contribution in [0.25, 0.3) is 11.0 Å². The van der Waals surface area contributed by atoms with Crippen LogP contribution < -0.4 is 10.1 Å². The molecule has 0 fully saturated rings. The van der Waals surface area contributed by atoms with Gasteiger partial charge in [-0.05, 0) is 61.0 Å². The van der Waals surface area contributed by atoms with E-state index >= 15 is 0 Å². The van der Waals surface area contributed by atoms with Gasteiger partial charge in [-0.1, -0.05) is 53.0 Å². The van der Waals surface area contributed by atoms with E-state index in [1.165, 1.54) is 0 Å². The van der Waals surface area contributed by atoms with Gasteiger partial charge >= 0.3 is 0 Å². The fourth-order valence-corrected chi connectivity index (χ4v) is 3.89. The fraction of sp³-hybridized carbons (Fsp3) is 0.167. The highest BCUT2D eigenvalue weighted by Gasteiger charge is 2.19. The van der Waals surface area contributed by atoms with E-state index in [1.807, 2.05) is 43.3 Å². The molecule has 0 spiro atoms. The second-order valence-electron chi connectivity index (χ2n) is 7.33. The lowest BCUT2D eigenvalue weighted by Gasteiger charge is -2.17.